The van der Waals surface area contributed by atoms with E-state index in [9.17, 15) is 5.11 Å². The third kappa shape index (κ3) is 3.33. The van der Waals surface area contributed by atoms with Crippen molar-refractivity contribution < 1.29 is 5.11 Å². The van der Waals surface area contributed by atoms with Crippen LogP contribution in [-0.4, -0.2) is 35.8 Å². The molecule has 0 aliphatic carbocycles. The maximum Gasteiger partial charge on any atom is 0.127 e. The number of aromatic nitrogens is 1. The molecule has 0 aromatic carbocycles. The van der Waals surface area contributed by atoms with Crippen LogP contribution in [0.3, 0.4) is 0 Å². The van der Waals surface area contributed by atoms with Crippen LogP contribution in [0.15, 0.2) is 18.3 Å². The minimum Gasteiger partial charge on any atom is -0.393 e. The van der Waals surface area contributed by atoms with E-state index in [4.69, 9.17) is 0 Å². The SMILES string of the molecule is CCCNc1cc(N2CCC(O)CC2)ccn1. The number of anilines is 2. The van der Waals surface area contributed by atoms with Gasteiger partial charge in [-0.25, -0.2) is 4.98 Å². The average Bonchev–Trinajstić information content (AvgIpc) is 2.37. The van der Waals surface area contributed by atoms with Gasteiger partial charge in [-0.15, -0.1) is 0 Å². The molecule has 0 spiro atoms. The van der Waals surface area contributed by atoms with Gasteiger partial charge in [0.2, 0.25) is 0 Å². The maximum absolute atomic E-state index is 9.49. The number of nitrogens with one attached hydrogen (secondary N) is 1. The van der Waals surface area contributed by atoms with Crippen molar-refractivity contribution >= 4 is 11.5 Å². The molecule has 0 unspecified atom stereocenters. The summed E-state index contributed by atoms with van der Waals surface area (Å²) in [5.41, 5.74) is 1.20. The summed E-state index contributed by atoms with van der Waals surface area (Å²) in [6, 6.07) is 4.13. The summed E-state index contributed by atoms with van der Waals surface area (Å²) < 4.78 is 0. The molecule has 1 aromatic rings. The van der Waals surface area contributed by atoms with Crippen LogP contribution < -0.4 is 10.2 Å². The quantitative estimate of drug-likeness (QED) is 0.836. The van der Waals surface area contributed by atoms with Gasteiger partial charge in [0.15, 0.2) is 0 Å². The van der Waals surface area contributed by atoms with Crippen LogP contribution in [0.25, 0.3) is 0 Å². The molecule has 1 aliphatic heterocycles. The molecule has 1 aliphatic rings. The second-order valence-electron chi connectivity index (χ2n) is 4.54. The number of aliphatic hydroxyl groups is 1. The van der Waals surface area contributed by atoms with Crippen molar-refractivity contribution in [2.75, 3.05) is 29.9 Å². The Kier molecular flexibility index (Phi) is 4.20. The fraction of sp³-hybridized carbons (Fsp3) is 0.615. The molecule has 0 radical (unpaired) electrons. The number of pyridine rings is 1. The molecule has 4 nitrogen and oxygen atoms in total. The predicted molar refractivity (Wildman–Crippen MR) is 70.5 cm³/mol. The lowest BCUT2D eigenvalue weighted by molar-refractivity contribution is 0.145. The van der Waals surface area contributed by atoms with E-state index in [1.807, 2.05) is 12.3 Å². The van der Waals surface area contributed by atoms with Crippen molar-refractivity contribution in [2.45, 2.75) is 32.3 Å². The Morgan fingerprint density at radius 3 is 2.94 bits per heavy atom. The molecular weight excluding hydrogens is 214 g/mol. The van der Waals surface area contributed by atoms with Crippen molar-refractivity contribution in [3.05, 3.63) is 18.3 Å². The van der Waals surface area contributed by atoms with Crippen molar-refractivity contribution in [3.63, 3.8) is 0 Å². The lowest BCUT2D eigenvalue weighted by Gasteiger charge is -2.31. The number of hydrogen-bond donors (Lipinski definition) is 2. The van der Waals surface area contributed by atoms with E-state index in [0.717, 1.165) is 44.7 Å². The minimum absolute atomic E-state index is 0.120. The Labute approximate surface area is 103 Å². The van der Waals surface area contributed by atoms with Crippen LogP contribution in [0, 0.1) is 0 Å². The number of nitrogens with zero attached hydrogens (tertiary/aromatic N) is 2. The van der Waals surface area contributed by atoms with Crippen molar-refractivity contribution in [1.82, 2.24) is 4.98 Å². The minimum atomic E-state index is -0.120. The topological polar surface area (TPSA) is 48.4 Å². The standard InChI is InChI=1S/C13H21N3O/c1-2-6-14-13-10-11(3-7-15-13)16-8-4-12(17)5-9-16/h3,7,10,12,17H,2,4-6,8-9H2,1H3,(H,14,15). The van der Waals surface area contributed by atoms with Gasteiger partial charge in [0.1, 0.15) is 5.82 Å². The molecule has 2 heterocycles. The molecule has 1 fully saturated rings. The largest absolute Gasteiger partial charge is 0.393 e. The van der Waals surface area contributed by atoms with Gasteiger partial charge in [-0.05, 0) is 25.3 Å². The highest BCUT2D eigenvalue weighted by Crippen LogP contribution is 2.21. The third-order valence-corrected chi connectivity index (χ3v) is 3.13. The van der Waals surface area contributed by atoms with E-state index in [2.05, 4.69) is 28.2 Å². The highest BCUT2D eigenvalue weighted by molar-refractivity contribution is 5.54. The molecule has 4 heteroatoms. The molecule has 0 saturated carbocycles. The van der Waals surface area contributed by atoms with Crippen LogP contribution in [0.2, 0.25) is 0 Å². The molecule has 0 amide bonds. The van der Waals surface area contributed by atoms with Crippen LogP contribution >= 0.6 is 0 Å². The first-order valence-electron chi connectivity index (χ1n) is 6.42. The van der Waals surface area contributed by atoms with Gasteiger partial charge in [0.05, 0.1) is 6.10 Å². The maximum atomic E-state index is 9.49. The van der Waals surface area contributed by atoms with Gasteiger partial charge in [-0.3, -0.25) is 0 Å². The highest BCUT2D eigenvalue weighted by Gasteiger charge is 2.17. The number of aliphatic hydroxyl groups excluding tert-OH is 1. The summed E-state index contributed by atoms with van der Waals surface area (Å²) in [6.07, 6.45) is 4.55. The van der Waals surface area contributed by atoms with Gasteiger partial charge in [-0.1, -0.05) is 6.92 Å². The van der Waals surface area contributed by atoms with E-state index in [0.29, 0.717) is 0 Å². The zero-order valence-corrected chi connectivity index (χ0v) is 10.4. The second kappa shape index (κ2) is 5.87. The Bertz CT molecular complexity index is 348. The zero-order valence-electron chi connectivity index (χ0n) is 10.4. The summed E-state index contributed by atoms with van der Waals surface area (Å²) in [5, 5.41) is 12.8. The van der Waals surface area contributed by atoms with Gasteiger partial charge < -0.3 is 15.3 Å². The molecule has 0 bridgehead atoms. The predicted octanol–water partition coefficient (Wildman–Crippen LogP) is 1.86. The van der Waals surface area contributed by atoms with Crippen molar-refractivity contribution in [2.24, 2.45) is 0 Å². The van der Waals surface area contributed by atoms with Crippen LogP contribution in [0.5, 0.6) is 0 Å². The molecule has 1 saturated heterocycles. The molecule has 2 N–H and O–H groups in total. The summed E-state index contributed by atoms with van der Waals surface area (Å²) in [6.45, 7) is 4.95. The molecule has 0 atom stereocenters. The first-order chi connectivity index (χ1) is 8.29. The molecule has 17 heavy (non-hydrogen) atoms. The fourth-order valence-corrected chi connectivity index (χ4v) is 2.09. The van der Waals surface area contributed by atoms with E-state index < -0.39 is 0 Å². The van der Waals surface area contributed by atoms with E-state index in [-0.39, 0.29) is 6.10 Å². The lowest BCUT2D eigenvalue weighted by Crippen LogP contribution is -2.35. The summed E-state index contributed by atoms with van der Waals surface area (Å²) in [7, 11) is 0. The monoisotopic (exact) mass is 235 g/mol. The first kappa shape index (κ1) is 12.2. The van der Waals surface area contributed by atoms with Crippen LogP contribution in [0.4, 0.5) is 11.5 Å². The Hall–Kier alpha value is -1.29. The van der Waals surface area contributed by atoms with Gasteiger partial charge in [0, 0.05) is 37.6 Å². The smallest absolute Gasteiger partial charge is 0.127 e. The van der Waals surface area contributed by atoms with Gasteiger partial charge >= 0.3 is 0 Å². The van der Waals surface area contributed by atoms with Crippen LogP contribution in [0.1, 0.15) is 26.2 Å². The van der Waals surface area contributed by atoms with E-state index in [1.165, 1.54) is 5.69 Å². The second-order valence-corrected chi connectivity index (χ2v) is 4.54. The number of rotatable bonds is 4. The molecule has 2 rings (SSSR count). The lowest BCUT2D eigenvalue weighted by atomic mass is 10.1. The Balaban J connectivity index is 2.00. The van der Waals surface area contributed by atoms with Crippen molar-refractivity contribution in [3.8, 4) is 0 Å². The van der Waals surface area contributed by atoms with Crippen LogP contribution in [-0.2, 0) is 0 Å². The number of piperidine rings is 1. The van der Waals surface area contributed by atoms with E-state index in [1.54, 1.807) is 0 Å². The summed E-state index contributed by atoms with van der Waals surface area (Å²) in [5.74, 6) is 0.940. The normalized spacial score (nSPS) is 17.2. The van der Waals surface area contributed by atoms with Crippen molar-refractivity contribution in [1.29, 1.82) is 0 Å². The molecule has 94 valence electrons. The summed E-state index contributed by atoms with van der Waals surface area (Å²) in [4.78, 5) is 6.61. The number of hydrogen-bond acceptors (Lipinski definition) is 4. The molecular formula is C13H21N3O. The van der Waals surface area contributed by atoms with Gasteiger partial charge in [0.25, 0.3) is 0 Å². The highest BCUT2D eigenvalue weighted by atomic mass is 16.3. The Morgan fingerprint density at radius 2 is 2.24 bits per heavy atom. The third-order valence-electron chi connectivity index (χ3n) is 3.13. The van der Waals surface area contributed by atoms with Gasteiger partial charge in [-0.2, -0.15) is 0 Å². The average molecular weight is 235 g/mol. The summed E-state index contributed by atoms with van der Waals surface area (Å²) >= 11 is 0. The molecule has 1 aromatic heterocycles. The Morgan fingerprint density at radius 1 is 1.47 bits per heavy atom. The fourth-order valence-electron chi connectivity index (χ4n) is 2.09. The zero-order chi connectivity index (χ0) is 12.1. The van der Waals surface area contributed by atoms with E-state index >= 15 is 0 Å². The first-order valence-corrected chi connectivity index (χ1v) is 6.42.